The van der Waals surface area contributed by atoms with E-state index < -0.39 is 13.0 Å². The minimum absolute atomic E-state index is 0.160. The van der Waals surface area contributed by atoms with Crippen molar-refractivity contribution in [2.45, 2.75) is 70.0 Å². The smallest absolute Gasteiger partial charge is 0.261 e. The maximum Gasteiger partial charge on any atom is 0.261 e. The predicted molar refractivity (Wildman–Crippen MR) is 118 cm³/mol. The molecule has 0 N–H and O–H groups in total. The van der Waals surface area contributed by atoms with Crippen molar-refractivity contribution >= 4 is 22.2 Å². The third-order valence-electron chi connectivity index (χ3n) is 6.51. The van der Waals surface area contributed by atoms with Gasteiger partial charge in [0.1, 0.15) is 5.82 Å². The molecule has 0 spiro atoms. The number of aromatic nitrogens is 3. The first-order valence-corrected chi connectivity index (χ1v) is 11.9. The standard InChI is InChI=1S/C23H26F2N4OS/c24-20(25)13-29-21(27-18-9-4-3-8-17(18)23(29)30)19-10-5-11-28(19)12-16-14-31-22(26-16)15-6-1-2-7-15/h3-4,8-9,14-15,19-20H,1-2,5-7,10-13H2. The van der Waals surface area contributed by atoms with Crippen molar-refractivity contribution in [2.75, 3.05) is 6.54 Å². The number of hydrogen-bond donors (Lipinski definition) is 0. The Morgan fingerprint density at radius 1 is 1.10 bits per heavy atom. The van der Waals surface area contributed by atoms with Crippen LogP contribution < -0.4 is 5.56 Å². The Bertz CT molecular complexity index is 1120. The molecule has 8 heteroatoms. The number of fused-ring (bicyclic) bond motifs is 1. The second-order valence-corrected chi connectivity index (χ2v) is 9.47. The zero-order chi connectivity index (χ0) is 21.4. The van der Waals surface area contributed by atoms with Crippen LogP contribution in [0.1, 0.15) is 67.0 Å². The van der Waals surface area contributed by atoms with Crippen molar-refractivity contribution in [1.29, 1.82) is 0 Å². The second-order valence-electron chi connectivity index (χ2n) is 8.58. The Balaban J connectivity index is 1.46. The van der Waals surface area contributed by atoms with Gasteiger partial charge in [0.05, 0.1) is 34.2 Å². The molecule has 1 saturated carbocycles. The fourth-order valence-corrected chi connectivity index (χ4v) is 6.01. The highest BCUT2D eigenvalue weighted by Crippen LogP contribution is 2.37. The highest BCUT2D eigenvalue weighted by molar-refractivity contribution is 7.09. The van der Waals surface area contributed by atoms with Crippen LogP contribution >= 0.6 is 11.3 Å². The normalized spacial score (nSPS) is 20.4. The second kappa shape index (κ2) is 8.74. The maximum absolute atomic E-state index is 13.4. The molecule has 1 atom stereocenters. The van der Waals surface area contributed by atoms with E-state index in [0.29, 0.717) is 29.2 Å². The van der Waals surface area contributed by atoms with Crippen molar-refractivity contribution in [3.63, 3.8) is 0 Å². The fourth-order valence-electron chi connectivity index (χ4n) is 5.03. The van der Waals surface area contributed by atoms with Crippen molar-refractivity contribution in [3.05, 3.63) is 56.5 Å². The summed E-state index contributed by atoms with van der Waals surface area (Å²) in [5.41, 5.74) is 1.21. The van der Waals surface area contributed by atoms with Crippen LogP contribution in [0.5, 0.6) is 0 Å². The molecule has 31 heavy (non-hydrogen) atoms. The van der Waals surface area contributed by atoms with Gasteiger partial charge in [-0.3, -0.25) is 14.3 Å². The molecule has 0 radical (unpaired) electrons. The van der Waals surface area contributed by atoms with Crippen LogP contribution in [-0.2, 0) is 13.1 Å². The molecule has 1 aromatic carbocycles. The van der Waals surface area contributed by atoms with Gasteiger partial charge in [-0.05, 0) is 44.4 Å². The lowest BCUT2D eigenvalue weighted by molar-refractivity contribution is 0.120. The topological polar surface area (TPSA) is 51.0 Å². The molecule has 1 aliphatic heterocycles. The molecule has 5 rings (SSSR count). The van der Waals surface area contributed by atoms with Gasteiger partial charge in [-0.25, -0.2) is 18.7 Å². The highest BCUT2D eigenvalue weighted by Gasteiger charge is 2.32. The number of rotatable bonds is 6. The lowest BCUT2D eigenvalue weighted by Crippen LogP contribution is -2.33. The Morgan fingerprint density at radius 2 is 1.90 bits per heavy atom. The van der Waals surface area contributed by atoms with Gasteiger partial charge in [0, 0.05) is 17.8 Å². The molecule has 1 unspecified atom stereocenters. The molecule has 1 aliphatic carbocycles. The van der Waals surface area contributed by atoms with Gasteiger partial charge < -0.3 is 0 Å². The molecule has 2 aliphatic rings. The minimum atomic E-state index is -2.61. The van der Waals surface area contributed by atoms with Gasteiger partial charge in [-0.15, -0.1) is 11.3 Å². The van der Waals surface area contributed by atoms with Crippen molar-refractivity contribution in [2.24, 2.45) is 0 Å². The minimum Gasteiger partial charge on any atom is -0.289 e. The van der Waals surface area contributed by atoms with Crippen LogP contribution in [0, 0.1) is 0 Å². The maximum atomic E-state index is 13.4. The summed E-state index contributed by atoms with van der Waals surface area (Å²) in [6, 6.07) is 6.84. The average molecular weight is 445 g/mol. The molecular weight excluding hydrogens is 418 g/mol. The third-order valence-corrected chi connectivity index (χ3v) is 7.57. The van der Waals surface area contributed by atoms with E-state index >= 15 is 0 Å². The van der Waals surface area contributed by atoms with E-state index in [1.807, 2.05) is 6.07 Å². The number of nitrogens with zero attached hydrogens (tertiary/aromatic N) is 4. The summed E-state index contributed by atoms with van der Waals surface area (Å²) >= 11 is 1.74. The van der Waals surface area contributed by atoms with Gasteiger partial charge in [0.15, 0.2) is 0 Å². The van der Waals surface area contributed by atoms with Crippen molar-refractivity contribution in [3.8, 4) is 0 Å². The zero-order valence-electron chi connectivity index (χ0n) is 17.3. The molecule has 2 fully saturated rings. The van der Waals surface area contributed by atoms with E-state index in [1.165, 1.54) is 35.3 Å². The average Bonchev–Trinajstić information content (AvgIpc) is 3.51. The number of benzene rings is 1. The summed E-state index contributed by atoms with van der Waals surface area (Å²) in [5.74, 6) is 1.04. The van der Waals surface area contributed by atoms with Crippen molar-refractivity contribution in [1.82, 2.24) is 19.4 Å². The highest BCUT2D eigenvalue weighted by atomic mass is 32.1. The SMILES string of the molecule is O=c1c2ccccc2nc(C2CCCN2Cc2csc(C3CCCC3)n2)n1CC(F)F. The van der Waals surface area contributed by atoms with Crippen LogP contribution in [0.2, 0.25) is 0 Å². The Kier molecular flexibility index (Phi) is 5.84. The van der Waals surface area contributed by atoms with Crippen LogP contribution in [-0.4, -0.2) is 32.4 Å². The molecule has 3 aromatic rings. The van der Waals surface area contributed by atoms with E-state index in [1.54, 1.807) is 29.5 Å². The number of likely N-dealkylation sites (tertiary alicyclic amines) is 1. The quantitative estimate of drug-likeness (QED) is 0.530. The first-order chi connectivity index (χ1) is 15.1. The molecule has 3 heterocycles. The molecular formula is C23H26F2N4OS. The number of alkyl halides is 2. The summed E-state index contributed by atoms with van der Waals surface area (Å²) in [4.78, 5) is 24.9. The molecule has 164 valence electrons. The molecule has 1 saturated heterocycles. The summed E-state index contributed by atoms with van der Waals surface area (Å²) in [6.07, 6.45) is 4.14. The summed E-state index contributed by atoms with van der Waals surface area (Å²) in [6.45, 7) is 0.877. The van der Waals surface area contributed by atoms with Gasteiger partial charge in [-0.1, -0.05) is 25.0 Å². The van der Waals surface area contributed by atoms with Crippen molar-refractivity contribution < 1.29 is 8.78 Å². The summed E-state index contributed by atoms with van der Waals surface area (Å²) in [5, 5.41) is 3.74. The summed E-state index contributed by atoms with van der Waals surface area (Å²) < 4.78 is 27.9. The zero-order valence-corrected chi connectivity index (χ0v) is 18.2. The van der Waals surface area contributed by atoms with Crippen LogP contribution in [0.25, 0.3) is 10.9 Å². The molecule has 2 aromatic heterocycles. The first-order valence-electron chi connectivity index (χ1n) is 11.1. The van der Waals surface area contributed by atoms with E-state index in [0.717, 1.165) is 25.1 Å². The predicted octanol–water partition coefficient (Wildman–Crippen LogP) is 5.11. The lowest BCUT2D eigenvalue weighted by Gasteiger charge is -2.26. The largest absolute Gasteiger partial charge is 0.289 e. The third kappa shape index (κ3) is 4.15. The Hall–Kier alpha value is -2.19. The Morgan fingerprint density at radius 3 is 2.71 bits per heavy atom. The van der Waals surface area contributed by atoms with Crippen LogP contribution in [0.15, 0.2) is 34.4 Å². The lowest BCUT2D eigenvalue weighted by atomic mass is 10.1. The van der Waals surface area contributed by atoms with E-state index in [-0.39, 0.29) is 11.6 Å². The molecule has 0 bridgehead atoms. The van der Waals surface area contributed by atoms with E-state index in [9.17, 15) is 13.6 Å². The van der Waals surface area contributed by atoms with Gasteiger partial charge in [0.2, 0.25) is 0 Å². The summed E-state index contributed by atoms with van der Waals surface area (Å²) in [7, 11) is 0. The van der Waals surface area contributed by atoms with Gasteiger partial charge in [0.25, 0.3) is 12.0 Å². The van der Waals surface area contributed by atoms with Gasteiger partial charge in [-0.2, -0.15) is 0 Å². The van der Waals surface area contributed by atoms with E-state index in [2.05, 4.69) is 10.3 Å². The number of hydrogen-bond acceptors (Lipinski definition) is 5. The van der Waals surface area contributed by atoms with Gasteiger partial charge >= 0.3 is 0 Å². The fraction of sp³-hybridized carbons (Fsp3) is 0.522. The monoisotopic (exact) mass is 444 g/mol. The Labute approximate surface area is 183 Å². The number of halogens is 2. The number of para-hydroxylation sites is 1. The first kappa shape index (κ1) is 20.7. The van der Waals surface area contributed by atoms with Crippen LogP contribution in [0.4, 0.5) is 8.78 Å². The van der Waals surface area contributed by atoms with Crippen LogP contribution in [0.3, 0.4) is 0 Å². The number of thiazole rings is 1. The molecule has 0 amide bonds. The molecule has 5 nitrogen and oxygen atoms in total. The van der Waals surface area contributed by atoms with E-state index in [4.69, 9.17) is 9.97 Å².